The number of benzene rings is 2. The van der Waals surface area contributed by atoms with Crippen molar-refractivity contribution in [3.63, 3.8) is 0 Å². The molecule has 1 aliphatic carbocycles. The zero-order valence-corrected chi connectivity index (χ0v) is 13.2. The molecule has 2 fully saturated rings. The molecule has 1 unspecified atom stereocenters. The molecule has 3 atom stereocenters. The van der Waals surface area contributed by atoms with Crippen LogP contribution < -0.4 is 4.90 Å². The standard InChI is InChI=1S/C18H13ClF3NO/c19-12-6-4-5-11(9-12)15-17(10-14(17)18(20,21)22)16(24)23(15)13-7-2-1-3-8-13/h1-9,14-15H,10H2/t14?,15-,17-/m1/s1. The monoisotopic (exact) mass is 351 g/mol. The smallest absolute Gasteiger partial charge is 0.303 e. The minimum atomic E-state index is -4.37. The van der Waals surface area contributed by atoms with Crippen molar-refractivity contribution >= 4 is 23.2 Å². The molecule has 2 nitrogen and oxygen atoms in total. The first-order chi connectivity index (χ1) is 11.4. The Hall–Kier alpha value is -2.01. The van der Waals surface area contributed by atoms with Crippen molar-refractivity contribution in [2.75, 3.05) is 4.90 Å². The van der Waals surface area contributed by atoms with Crippen LogP contribution >= 0.6 is 11.6 Å². The molecule has 2 aliphatic rings. The molecule has 1 spiro atoms. The number of rotatable bonds is 2. The lowest BCUT2D eigenvalue weighted by Crippen LogP contribution is -2.59. The fourth-order valence-corrected chi connectivity index (χ4v) is 4.02. The van der Waals surface area contributed by atoms with Gasteiger partial charge in [-0.2, -0.15) is 13.2 Å². The number of carbonyl (C=O) groups excluding carboxylic acids is 1. The number of hydrogen-bond donors (Lipinski definition) is 0. The minimum absolute atomic E-state index is 0.157. The largest absolute Gasteiger partial charge is 0.392 e. The average Bonchev–Trinajstić information content (AvgIpc) is 3.31. The molecule has 1 heterocycles. The van der Waals surface area contributed by atoms with Crippen LogP contribution in [0.25, 0.3) is 0 Å². The fraction of sp³-hybridized carbons (Fsp3) is 0.278. The molecular formula is C18H13ClF3NO. The minimum Gasteiger partial charge on any atom is -0.303 e. The summed E-state index contributed by atoms with van der Waals surface area (Å²) in [6, 6.07) is 14.9. The summed E-state index contributed by atoms with van der Waals surface area (Å²) in [6.45, 7) is 0. The maximum Gasteiger partial charge on any atom is 0.392 e. The number of anilines is 1. The molecule has 0 N–H and O–H groups in total. The molecule has 1 aliphatic heterocycles. The highest BCUT2D eigenvalue weighted by molar-refractivity contribution is 6.30. The van der Waals surface area contributed by atoms with E-state index in [-0.39, 0.29) is 6.42 Å². The van der Waals surface area contributed by atoms with Crippen LogP contribution in [0.15, 0.2) is 54.6 Å². The van der Waals surface area contributed by atoms with Gasteiger partial charge in [-0.25, -0.2) is 0 Å². The van der Waals surface area contributed by atoms with Crippen molar-refractivity contribution in [1.82, 2.24) is 0 Å². The summed E-state index contributed by atoms with van der Waals surface area (Å²) in [4.78, 5) is 14.1. The van der Waals surface area contributed by atoms with E-state index in [0.29, 0.717) is 16.3 Å². The van der Waals surface area contributed by atoms with Crippen LogP contribution in [0, 0.1) is 11.3 Å². The normalized spacial score (nSPS) is 28.8. The van der Waals surface area contributed by atoms with Crippen LogP contribution in [-0.4, -0.2) is 12.1 Å². The van der Waals surface area contributed by atoms with Crippen LogP contribution in [0.5, 0.6) is 0 Å². The molecule has 2 aromatic carbocycles. The second-order valence-electron chi connectivity index (χ2n) is 6.31. The van der Waals surface area contributed by atoms with E-state index >= 15 is 0 Å². The molecule has 1 saturated heterocycles. The van der Waals surface area contributed by atoms with E-state index in [0.717, 1.165) is 0 Å². The highest BCUT2D eigenvalue weighted by atomic mass is 35.5. The molecular weight excluding hydrogens is 339 g/mol. The van der Waals surface area contributed by atoms with Crippen LogP contribution in [0.4, 0.5) is 18.9 Å². The zero-order chi connectivity index (χ0) is 17.1. The van der Waals surface area contributed by atoms with Gasteiger partial charge in [-0.1, -0.05) is 41.9 Å². The first-order valence-electron chi connectivity index (χ1n) is 7.56. The topological polar surface area (TPSA) is 20.3 Å². The van der Waals surface area contributed by atoms with Gasteiger partial charge in [-0.3, -0.25) is 4.79 Å². The summed E-state index contributed by atoms with van der Waals surface area (Å²) in [5, 5.41) is 0.444. The lowest BCUT2D eigenvalue weighted by Gasteiger charge is -2.49. The number of hydrogen-bond acceptors (Lipinski definition) is 1. The van der Waals surface area contributed by atoms with E-state index in [2.05, 4.69) is 0 Å². The molecule has 2 aromatic rings. The highest BCUT2D eigenvalue weighted by Crippen LogP contribution is 2.74. The average molecular weight is 352 g/mol. The maximum atomic E-state index is 13.2. The Morgan fingerprint density at radius 2 is 1.79 bits per heavy atom. The third kappa shape index (κ3) is 2.07. The summed E-state index contributed by atoms with van der Waals surface area (Å²) in [6.07, 6.45) is -4.52. The van der Waals surface area contributed by atoms with Crippen molar-refractivity contribution in [3.05, 3.63) is 65.2 Å². The maximum absolute atomic E-state index is 13.2. The number of amides is 1. The van der Waals surface area contributed by atoms with Crippen molar-refractivity contribution < 1.29 is 18.0 Å². The van der Waals surface area contributed by atoms with Crippen molar-refractivity contribution in [3.8, 4) is 0 Å². The quantitative estimate of drug-likeness (QED) is 0.697. The Morgan fingerprint density at radius 1 is 1.08 bits per heavy atom. The lowest BCUT2D eigenvalue weighted by molar-refractivity contribution is -0.168. The number of alkyl halides is 3. The summed E-state index contributed by atoms with van der Waals surface area (Å²) >= 11 is 6.01. The third-order valence-corrected chi connectivity index (χ3v) is 5.20. The molecule has 0 aromatic heterocycles. The van der Waals surface area contributed by atoms with Gasteiger partial charge in [0.2, 0.25) is 5.91 Å². The van der Waals surface area contributed by atoms with Gasteiger partial charge in [-0.15, -0.1) is 0 Å². The Balaban J connectivity index is 1.79. The van der Waals surface area contributed by atoms with Gasteiger partial charge in [0.1, 0.15) is 0 Å². The summed E-state index contributed by atoms with van der Waals surface area (Å²) < 4.78 is 39.7. The van der Waals surface area contributed by atoms with Crippen LogP contribution in [-0.2, 0) is 4.79 Å². The number of carbonyl (C=O) groups is 1. The van der Waals surface area contributed by atoms with E-state index in [4.69, 9.17) is 11.6 Å². The van der Waals surface area contributed by atoms with Crippen molar-refractivity contribution in [1.29, 1.82) is 0 Å². The second-order valence-corrected chi connectivity index (χ2v) is 6.74. The zero-order valence-electron chi connectivity index (χ0n) is 12.4. The van der Waals surface area contributed by atoms with E-state index in [9.17, 15) is 18.0 Å². The van der Waals surface area contributed by atoms with Gasteiger partial charge in [0.25, 0.3) is 0 Å². The second kappa shape index (κ2) is 4.99. The molecule has 4 rings (SSSR count). The third-order valence-electron chi connectivity index (χ3n) is 4.96. The van der Waals surface area contributed by atoms with Gasteiger partial charge in [0.15, 0.2) is 0 Å². The van der Waals surface area contributed by atoms with Gasteiger partial charge in [0, 0.05) is 10.7 Å². The molecule has 6 heteroatoms. The SMILES string of the molecule is O=C1N(c2ccccc2)[C@H](c2cccc(Cl)c2)[C@]12CC2C(F)(F)F. The lowest BCUT2D eigenvalue weighted by atomic mass is 9.76. The fourth-order valence-electron chi connectivity index (χ4n) is 3.83. The van der Waals surface area contributed by atoms with Gasteiger partial charge in [0.05, 0.1) is 17.4 Å². The van der Waals surface area contributed by atoms with Gasteiger partial charge >= 0.3 is 6.18 Å². The molecule has 1 saturated carbocycles. The molecule has 0 bridgehead atoms. The first kappa shape index (κ1) is 15.5. The summed E-state index contributed by atoms with van der Waals surface area (Å²) in [7, 11) is 0. The highest BCUT2D eigenvalue weighted by Gasteiger charge is 2.81. The Morgan fingerprint density at radius 3 is 2.38 bits per heavy atom. The first-order valence-corrected chi connectivity index (χ1v) is 7.94. The Labute approximate surface area is 141 Å². The van der Waals surface area contributed by atoms with Crippen molar-refractivity contribution in [2.45, 2.75) is 18.6 Å². The molecule has 1 amide bonds. The number of β-lactam (4-membered cyclic amide) rings is 1. The summed E-state index contributed by atoms with van der Waals surface area (Å²) in [5.41, 5.74) is -0.137. The van der Waals surface area contributed by atoms with E-state index in [1.807, 2.05) is 0 Å². The van der Waals surface area contributed by atoms with E-state index in [1.165, 1.54) is 4.90 Å². The predicted molar refractivity (Wildman–Crippen MR) is 84.7 cm³/mol. The van der Waals surface area contributed by atoms with Crippen LogP contribution in [0.2, 0.25) is 5.02 Å². The molecule has 0 radical (unpaired) electrons. The molecule has 124 valence electrons. The number of nitrogens with zero attached hydrogens (tertiary/aromatic N) is 1. The van der Waals surface area contributed by atoms with Crippen molar-refractivity contribution in [2.24, 2.45) is 11.3 Å². The van der Waals surface area contributed by atoms with Crippen LogP contribution in [0.1, 0.15) is 18.0 Å². The van der Waals surface area contributed by atoms with Gasteiger partial charge < -0.3 is 4.90 Å². The predicted octanol–water partition coefficient (Wildman–Crippen LogP) is 5.00. The van der Waals surface area contributed by atoms with Gasteiger partial charge in [-0.05, 0) is 36.2 Å². The number of halogens is 4. The van der Waals surface area contributed by atoms with Crippen LogP contribution in [0.3, 0.4) is 0 Å². The number of para-hydroxylation sites is 1. The van der Waals surface area contributed by atoms with E-state index in [1.54, 1.807) is 54.6 Å². The Kier molecular flexibility index (Phi) is 3.23. The molecule has 24 heavy (non-hydrogen) atoms. The Bertz CT molecular complexity index is 807. The summed E-state index contributed by atoms with van der Waals surface area (Å²) in [5.74, 6) is -2.04. The van der Waals surface area contributed by atoms with E-state index < -0.39 is 29.5 Å².